The zero-order valence-corrected chi connectivity index (χ0v) is 17.3. The van der Waals surface area contributed by atoms with Crippen molar-refractivity contribution in [2.45, 2.75) is 0 Å². The van der Waals surface area contributed by atoms with Crippen LogP contribution in [0.5, 0.6) is 0 Å². The first-order valence-electron chi connectivity index (χ1n) is 10.0. The summed E-state index contributed by atoms with van der Waals surface area (Å²) in [5.74, 6) is -0.379. The Labute approximate surface area is 183 Å². The van der Waals surface area contributed by atoms with Crippen molar-refractivity contribution >= 4 is 28.0 Å². The molecule has 0 spiro atoms. The van der Waals surface area contributed by atoms with Gasteiger partial charge in [0.15, 0.2) is 5.78 Å². The molecule has 6 nitrogen and oxygen atoms in total. The zero-order chi connectivity index (χ0) is 22.4. The zero-order valence-electron chi connectivity index (χ0n) is 17.3. The second-order valence-electron chi connectivity index (χ2n) is 7.62. The van der Waals surface area contributed by atoms with Gasteiger partial charge < -0.3 is 5.73 Å². The van der Waals surface area contributed by atoms with E-state index >= 15 is 0 Å². The minimum Gasteiger partial charge on any atom is -0.325 e. The molecule has 2 N–H and O–H groups in total. The number of carbonyl (C=O) groups excluding carboxylic acids is 1. The van der Waals surface area contributed by atoms with Crippen LogP contribution in [0.1, 0.15) is 15.9 Å². The molecule has 0 aliphatic carbocycles. The number of fused-ring (bicyclic) bond motifs is 2. The maximum Gasteiger partial charge on any atom is 0.204 e. The third kappa shape index (κ3) is 3.01. The lowest BCUT2D eigenvalue weighted by molar-refractivity contribution is 0.1000. The summed E-state index contributed by atoms with van der Waals surface area (Å²) in [5.41, 5.74) is 11.5. The molecule has 4 aromatic rings. The standard InChI is InChI=1S/C25H18FN5O/c1-28-24-17-8-5-16(26)9-14(17)4-7-19(24)25-21(12-30-31(25)2)15-3-6-18-20(10-15)22(11-27)29-13-23(18)32/h3-10,12H,11,13,27H2,2H3. The fourth-order valence-corrected chi connectivity index (χ4v) is 4.27. The number of aryl methyl sites for hydroxylation is 1. The molecular formula is C25H18FN5O. The molecule has 0 atom stereocenters. The lowest BCUT2D eigenvalue weighted by Crippen LogP contribution is -2.24. The van der Waals surface area contributed by atoms with Gasteiger partial charge in [-0.15, -0.1) is 0 Å². The molecule has 0 saturated heterocycles. The van der Waals surface area contributed by atoms with Gasteiger partial charge in [0.05, 0.1) is 24.2 Å². The summed E-state index contributed by atoms with van der Waals surface area (Å²) in [5, 5.41) is 5.78. The second kappa shape index (κ2) is 7.52. The molecular weight excluding hydrogens is 405 g/mol. The van der Waals surface area contributed by atoms with Gasteiger partial charge in [0.2, 0.25) is 5.69 Å². The normalized spacial score (nSPS) is 13.1. The minimum absolute atomic E-state index is 0.0350. The van der Waals surface area contributed by atoms with Crippen molar-refractivity contribution in [3.63, 3.8) is 0 Å². The lowest BCUT2D eigenvalue weighted by Gasteiger charge is -2.17. The number of aromatic nitrogens is 2. The number of nitrogens with zero attached hydrogens (tertiary/aromatic N) is 4. The number of hydrogen-bond acceptors (Lipinski definition) is 4. The van der Waals surface area contributed by atoms with Gasteiger partial charge >= 0.3 is 0 Å². The fourth-order valence-electron chi connectivity index (χ4n) is 4.27. The topological polar surface area (TPSA) is 77.6 Å². The van der Waals surface area contributed by atoms with E-state index in [2.05, 4.69) is 14.9 Å². The van der Waals surface area contributed by atoms with Gasteiger partial charge in [-0.2, -0.15) is 5.10 Å². The van der Waals surface area contributed by atoms with Crippen molar-refractivity contribution in [2.75, 3.05) is 13.1 Å². The lowest BCUT2D eigenvalue weighted by atomic mass is 9.91. The molecule has 32 heavy (non-hydrogen) atoms. The van der Waals surface area contributed by atoms with Crippen molar-refractivity contribution in [3.05, 3.63) is 83.1 Å². The number of ketones is 1. The summed E-state index contributed by atoms with van der Waals surface area (Å²) in [6, 6.07) is 13.6. The smallest absolute Gasteiger partial charge is 0.204 e. The van der Waals surface area contributed by atoms with Crippen LogP contribution in [0.2, 0.25) is 0 Å². The van der Waals surface area contributed by atoms with Gasteiger partial charge in [-0.25, -0.2) is 9.24 Å². The molecule has 0 saturated carbocycles. The molecule has 0 radical (unpaired) electrons. The third-order valence-corrected chi connectivity index (χ3v) is 5.81. The molecule has 0 fully saturated rings. The summed E-state index contributed by atoms with van der Waals surface area (Å²) in [7, 11) is 1.82. The van der Waals surface area contributed by atoms with Crippen LogP contribution in [0.4, 0.5) is 10.1 Å². The molecule has 3 aromatic carbocycles. The van der Waals surface area contributed by atoms with Crippen LogP contribution in [0.25, 0.3) is 38.0 Å². The van der Waals surface area contributed by atoms with Crippen molar-refractivity contribution in [3.8, 4) is 22.4 Å². The Hall–Kier alpha value is -4.15. The Balaban J connectivity index is 1.73. The van der Waals surface area contributed by atoms with Gasteiger partial charge in [-0.05, 0) is 34.5 Å². The monoisotopic (exact) mass is 423 g/mol. The van der Waals surface area contributed by atoms with Crippen LogP contribution in [0.15, 0.2) is 59.7 Å². The van der Waals surface area contributed by atoms with Crippen LogP contribution in [0, 0.1) is 12.4 Å². The second-order valence-corrected chi connectivity index (χ2v) is 7.62. The van der Waals surface area contributed by atoms with E-state index < -0.39 is 0 Å². The molecule has 1 aliphatic heterocycles. The maximum atomic E-state index is 13.7. The molecule has 1 aliphatic rings. The molecule has 0 unspecified atom stereocenters. The van der Waals surface area contributed by atoms with Gasteiger partial charge in [0.25, 0.3) is 0 Å². The van der Waals surface area contributed by atoms with Crippen molar-refractivity contribution < 1.29 is 9.18 Å². The summed E-state index contributed by atoms with van der Waals surface area (Å²) < 4.78 is 15.4. The van der Waals surface area contributed by atoms with E-state index in [4.69, 9.17) is 12.3 Å². The Morgan fingerprint density at radius 1 is 1.09 bits per heavy atom. The highest BCUT2D eigenvalue weighted by Gasteiger charge is 2.23. The predicted molar refractivity (Wildman–Crippen MR) is 123 cm³/mol. The van der Waals surface area contributed by atoms with Crippen LogP contribution in [-0.2, 0) is 7.05 Å². The van der Waals surface area contributed by atoms with E-state index in [-0.39, 0.29) is 24.7 Å². The largest absolute Gasteiger partial charge is 0.325 e. The maximum absolute atomic E-state index is 13.7. The Bertz CT molecular complexity index is 1490. The van der Waals surface area contributed by atoms with E-state index in [1.54, 1.807) is 23.0 Å². The summed E-state index contributed by atoms with van der Waals surface area (Å²) in [6.45, 7) is 8.16. The summed E-state index contributed by atoms with van der Waals surface area (Å²) in [6.07, 6.45) is 1.74. The van der Waals surface area contributed by atoms with E-state index in [1.807, 2.05) is 31.3 Å². The first kappa shape index (κ1) is 19.8. The van der Waals surface area contributed by atoms with Crippen molar-refractivity contribution in [1.29, 1.82) is 0 Å². The first-order chi connectivity index (χ1) is 15.5. The SMILES string of the molecule is [C-]#[N+]c1c(-c2c(-c3ccc4c(c3)C(CN)=NCC4=O)cnn2C)ccc2cc(F)ccc12. The minimum atomic E-state index is -0.344. The number of halogens is 1. The highest BCUT2D eigenvalue weighted by molar-refractivity contribution is 6.16. The fraction of sp³-hybridized carbons (Fsp3) is 0.120. The Morgan fingerprint density at radius 3 is 2.69 bits per heavy atom. The Kier molecular flexibility index (Phi) is 4.65. The average Bonchev–Trinajstić information content (AvgIpc) is 3.19. The molecule has 7 heteroatoms. The van der Waals surface area contributed by atoms with E-state index in [1.165, 1.54) is 12.1 Å². The Morgan fingerprint density at radius 2 is 1.91 bits per heavy atom. The highest BCUT2D eigenvalue weighted by atomic mass is 19.1. The molecule has 1 aromatic heterocycles. The highest BCUT2D eigenvalue weighted by Crippen LogP contribution is 2.41. The number of carbonyl (C=O) groups is 1. The number of benzene rings is 3. The van der Waals surface area contributed by atoms with Crippen LogP contribution < -0.4 is 5.73 Å². The summed E-state index contributed by atoms with van der Waals surface area (Å²) >= 11 is 0. The van der Waals surface area contributed by atoms with E-state index in [0.29, 0.717) is 33.3 Å². The van der Waals surface area contributed by atoms with Gasteiger partial charge in [0, 0.05) is 35.8 Å². The van der Waals surface area contributed by atoms with Gasteiger partial charge in [-0.1, -0.05) is 30.3 Å². The number of rotatable bonds is 3. The van der Waals surface area contributed by atoms with Crippen molar-refractivity contribution in [1.82, 2.24) is 9.78 Å². The van der Waals surface area contributed by atoms with E-state index in [0.717, 1.165) is 22.4 Å². The number of hydrogen-bond donors (Lipinski definition) is 1. The van der Waals surface area contributed by atoms with Crippen LogP contribution in [0.3, 0.4) is 0 Å². The van der Waals surface area contributed by atoms with Crippen LogP contribution >= 0.6 is 0 Å². The van der Waals surface area contributed by atoms with Gasteiger partial charge in [-0.3, -0.25) is 14.5 Å². The average molecular weight is 423 g/mol. The molecule has 2 heterocycles. The number of aliphatic imine (C=N–C) groups is 1. The molecule has 5 rings (SSSR count). The predicted octanol–water partition coefficient (Wildman–Crippen LogP) is 4.54. The molecule has 0 bridgehead atoms. The molecule has 156 valence electrons. The third-order valence-electron chi connectivity index (χ3n) is 5.81. The van der Waals surface area contributed by atoms with Gasteiger partial charge in [0.1, 0.15) is 12.4 Å². The number of Topliss-reactive ketones (excluding diaryl/α,β-unsaturated/α-hetero) is 1. The summed E-state index contributed by atoms with van der Waals surface area (Å²) in [4.78, 5) is 20.4. The van der Waals surface area contributed by atoms with Crippen molar-refractivity contribution in [2.24, 2.45) is 17.8 Å². The quantitative estimate of drug-likeness (QED) is 0.492. The molecule has 0 amide bonds. The van der Waals surface area contributed by atoms with E-state index in [9.17, 15) is 9.18 Å². The number of nitrogens with two attached hydrogens (primary N) is 1. The first-order valence-corrected chi connectivity index (χ1v) is 10.0. The van der Waals surface area contributed by atoms with Crippen LogP contribution in [-0.4, -0.2) is 34.4 Å².